The Morgan fingerprint density at radius 3 is 2.05 bits per heavy atom. The van der Waals surface area contributed by atoms with Gasteiger partial charge in [0.05, 0.1) is 33.6 Å². The van der Waals surface area contributed by atoms with Gasteiger partial charge in [-0.1, -0.05) is 0 Å². The lowest BCUT2D eigenvalue weighted by molar-refractivity contribution is -0.115. The average Bonchev–Trinajstić information content (AvgIpc) is 2.52. The largest absolute Gasteiger partial charge is 0.493 e. The molecule has 0 heterocycles. The van der Waals surface area contributed by atoms with Crippen LogP contribution < -0.4 is 24.2 Å². The number of ether oxygens (including phenoxy) is 3. The summed E-state index contributed by atoms with van der Waals surface area (Å²) in [5, 5.41) is 2.56. The van der Waals surface area contributed by atoms with Gasteiger partial charge in [0.1, 0.15) is 0 Å². The average molecular weight is 332 g/mol. The van der Waals surface area contributed by atoms with Crippen LogP contribution in [0.2, 0.25) is 0 Å². The summed E-state index contributed by atoms with van der Waals surface area (Å²) in [6, 6.07) is 3.10. The fourth-order valence-corrected chi connectivity index (χ4v) is 2.19. The zero-order valence-electron chi connectivity index (χ0n) is 12.9. The third-order valence-electron chi connectivity index (χ3n) is 2.78. The van der Waals surface area contributed by atoms with Crippen molar-refractivity contribution in [1.82, 2.24) is 4.72 Å². The predicted molar refractivity (Wildman–Crippen MR) is 82.2 cm³/mol. The van der Waals surface area contributed by atoms with Crippen molar-refractivity contribution >= 4 is 21.6 Å². The van der Waals surface area contributed by atoms with Crippen LogP contribution in [-0.4, -0.2) is 48.0 Å². The number of carbonyl (C=O) groups is 1. The molecular formula is C13H20N2O6S. The molecule has 1 amide bonds. The topological polar surface area (TPSA) is 103 Å². The van der Waals surface area contributed by atoms with E-state index in [0.717, 1.165) is 0 Å². The van der Waals surface area contributed by atoms with E-state index < -0.39 is 15.9 Å². The minimum atomic E-state index is -3.42. The maximum Gasteiger partial charge on any atom is 0.239 e. The molecule has 0 aromatic heterocycles. The summed E-state index contributed by atoms with van der Waals surface area (Å²) in [5.74, 6) is 0.559. The maximum atomic E-state index is 11.8. The number of amides is 1. The van der Waals surface area contributed by atoms with Gasteiger partial charge in [-0.2, -0.15) is 0 Å². The van der Waals surface area contributed by atoms with E-state index >= 15 is 0 Å². The first-order chi connectivity index (χ1) is 10.4. The van der Waals surface area contributed by atoms with Crippen LogP contribution in [-0.2, 0) is 14.8 Å². The molecule has 0 spiro atoms. The third-order valence-corrected chi connectivity index (χ3v) is 4.13. The van der Waals surface area contributed by atoms with Gasteiger partial charge in [0.25, 0.3) is 0 Å². The fourth-order valence-electron chi connectivity index (χ4n) is 1.64. The SMILES string of the molecule is CCS(=O)(=O)NCC(=O)Nc1cc(OC)c(OC)c(OC)c1. The van der Waals surface area contributed by atoms with Gasteiger partial charge in [-0.25, -0.2) is 13.1 Å². The van der Waals surface area contributed by atoms with Crippen LogP contribution in [0.3, 0.4) is 0 Å². The Labute approximate surface area is 129 Å². The zero-order chi connectivity index (χ0) is 16.8. The maximum absolute atomic E-state index is 11.8. The summed E-state index contributed by atoms with van der Waals surface area (Å²) >= 11 is 0. The van der Waals surface area contributed by atoms with Crippen molar-refractivity contribution in [2.75, 3.05) is 38.9 Å². The van der Waals surface area contributed by atoms with Crippen molar-refractivity contribution in [3.05, 3.63) is 12.1 Å². The number of sulfonamides is 1. The van der Waals surface area contributed by atoms with Gasteiger partial charge in [-0.15, -0.1) is 0 Å². The minimum Gasteiger partial charge on any atom is -0.493 e. The van der Waals surface area contributed by atoms with Crippen LogP contribution in [0.5, 0.6) is 17.2 Å². The predicted octanol–water partition coefficient (Wildman–Crippen LogP) is 0.590. The molecular weight excluding hydrogens is 312 g/mol. The summed E-state index contributed by atoms with van der Waals surface area (Å²) < 4.78 is 40.3. The Morgan fingerprint density at radius 1 is 1.09 bits per heavy atom. The molecule has 9 heteroatoms. The Kier molecular flexibility index (Phi) is 6.44. The smallest absolute Gasteiger partial charge is 0.239 e. The lowest BCUT2D eigenvalue weighted by Gasteiger charge is -2.14. The quantitative estimate of drug-likeness (QED) is 0.722. The van der Waals surface area contributed by atoms with E-state index in [-0.39, 0.29) is 12.3 Å². The first-order valence-corrected chi connectivity index (χ1v) is 8.09. The molecule has 0 fully saturated rings. The van der Waals surface area contributed by atoms with Crippen molar-refractivity contribution in [3.8, 4) is 17.2 Å². The number of nitrogens with one attached hydrogen (secondary N) is 2. The first-order valence-electron chi connectivity index (χ1n) is 6.44. The zero-order valence-corrected chi connectivity index (χ0v) is 13.7. The number of benzene rings is 1. The molecule has 0 aliphatic heterocycles. The van der Waals surface area contributed by atoms with E-state index in [1.165, 1.54) is 28.3 Å². The molecule has 8 nitrogen and oxygen atoms in total. The van der Waals surface area contributed by atoms with Gasteiger partial charge >= 0.3 is 0 Å². The molecule has 0 saturated carbocycles. The van der Waals surface area contributed by atoms with Crippen molar-refractivity contribution in [2.24, 2.45) is 0 Å². The molecule has 22 heavy (non-hydrogen) atoms. The molecule has 2 N–H and O–H groups in total. The number of rotatable bonds is 8. The Morgan fingerprint density at radius 2 is 1.64 bits per heavy atom. The monoisotopic (exact) mass is 332 g/mol. The van der Waals surface area contributed by atoms with Gasteiger partial charge in [-0.05, 0) is 6.92 Å². The highest BCUT2D eigenvalue weighted by Crippen LogP contribution is 2.39. The van der Waals surface area contributed by atoms with E-state index in [0.29, 0.717) is 22.9 Å². The molecule has 124 valence electrons. The molecule has 0 aliphatic carbocycles. The second-order valence-electron chi connectivity index (χ2n) is 4.19. The standard InChI is InChI=1S/C13H20N2O6S/c1-5-22(17,18)14-8-12(16)15-9-6-10(19-2)13(21-4)11(7-9)20-3/h6-7,14H,5,8H2,1-4H3,(H,15,16). The Hall–Kier alpha value is -2.00. The Balaban J connectivity index is 2.87. The molecule has 1 rings (SSSR count). The van der Waals surface area contributed by atoms with E-state index in [1.807, 2.05) is 0 Å². The van der Waals surface area contributed by atoms with Crippen molar-refractivity contribution in [2.45, 2.75) is 6.92 Å². The molecule has 0 atom stereocenters. The molecule has 0 unspecified atom stereocenters. The van der Waals surface area contributed by atoms with Gasteiger partial charge in [0, 0.05) is 17.8 Å². The first kappa shape index (κ1) is 18.1. The number of anilines is 1. The fraction of sp³-hybridized carbons (Fsp3) is 0.462. The highest BCUT2D eigenvalue weighted by atomic mass is 32.2. The number of methoxy groups -OCH3 is 3. The Bertz CT molecular complexity index is 604. The van der Waals surface area contributed by atoms with Gasteiger partial charge < -0.3 is 19.5 Å². The molecule has 0 aliphatic rings. The summed E-state index contributed by atoms with van der Waals surface area (Å²) in [7, 11) is 0.960. The van der Waals surface area contributed by atoms with Crippen LogP contribution in [0.15, 0.2) is 12.1 Å². The van der Waals surface area contributed by atoms with E-state index in [4.69, 9.17) is 14.2 Å². The second kappa shape index (κ2) is 7.85. The molecule has 1 aromatic carbocycles. The number of hydrogen-bond donors (Lipinski definition) is 2. The lowest BCUT2D eigenvalue weighted by Crippen LogP contribution is -2.33. The van der Waals surface area contributed by atoms with Gasteiger partial charge in [-0.3, -0.25) is 4.79 Å². The van der Waals surface area contributed by atoms with Crippen LogP contribution in [0.4, 0.5) is 5.69 Å². The normalized spacial score (nSPS) is 10.9. The van der Waals surface area contributed by atoms with Crippen LogP contribution in [0.25, 0.3) is 0 Å². The molecule has 0 saturated heterocycles. The molecule has 0 radical (unpaired) electrons. The van der Waals surface area contributed by atoms with E-state index in [2.05, 4.69) is 10.0 Å². The number of hydrogen-bond acceptors (Lipinski definition) is 6. The molecule has 0 bridgehead atoms. The summed E-state index contributed by atoms with van der Waals surface area (Å²) in [4.78, 5) is 11.8. The highest BCUT2D eigenvalue weighted by molar-refractivity contribution is 7.89. The lowest BCUT2D eigenvalue weighted by atomic mass is 10.2. The van der Waals surface area contributed by atoms with Crippen molar-refractivity contribution in [3.63, 3.8) is 0 Å². The van der Waals surface area contributed by atoms with Crippen LogP contribution >= 0.6 is 0 Å². The highest BCUT2D eigenvalue weighted by Gasteiger charge is 2.15. The van der Waals surface area contributed by atoms with Crippen molar-refractivity contribution in [1.29, 1.82) is 0 Å². The van der Waals surface area contributed by atoms with Crippen LogP contribution in [0, 0.1) is 0 Å². The molecule has 1 aromatic rings. The second-order valence-corrected chi connectivity index (χ2v) is 6.28. The number of carbonyl (C=O) groups excluding carboxylic acids is 1. The summed E-state index contributed by atoms with van der Waals surface area (Å²) in [6.45, 7) is 1.13. The summed E-state index contributed by atoms with van der Waals surface area (Å²) in [5.41, 5.74) is 0.398. The van der Waals surface area contributed by atoms with Crippen LogP contribution in [0.1, 0.15) is 6.92 Å². The van der Waals surface area contributed by atoms with E-state index in [9.17, 15) is 13.2 Å². The summed E-state index contributed by atoms with van der Waals surface area (Å²) in [6.07, 6.45) is 0. The third kappa shape index (κ3) is 4.78. The van der Waals surface area contributed by atoms with E-state index in [1.54, 1.807) is 12.1 Å². The minimum absolute atomic E-state index is 0.0928. The van der Waals surface area contributed by atoms with Gasteiger partial charge in [0.2, 0.25) is 21.7 Å². The van der Waals surface area contributed by atoms with Crippen molar-refractivity contribution < 1.29 is 27.4 Å². The van der Waals surface area contributed by atoms with Gasteiger partial charge in [0.15, 0.2) is 11.5 Å².